The molecule has 0 radical (unpaired) electrons. The molecule has 0 aliphatic carbocycles. The van der Waals surface area contributed by atoms with E-state index in [0.717, 1.165) is 54.2 Å². The highest BCUT2D eigenvalue weighted by Gasteiger charge is 2.50. The zero-order valence-corrected chi connectivity index (χ0v) is 51.2. The van der Waals surface area contributed by atoms with Crippen LogP contribution in [0.4, 0.5) is 5.69 Å². The van der Waals surface area contributed by atoms with Gasteiger partial charge < -0.3 is 87.5 Å². The number of nitrogens with two attached hydrogens (primary N) is 1. The summed E-state index contributed by atoms with van der Waals surface area (Å²) in [6, 6.07) is 8.22. The van der Waals surface area contributed by atoms with Crippen molar-refractivity contribution in [3.63, 3.8) is 0 Å². The second-order valence-corrected chi connectivity index (χ2v) is 23.9. The van der Waals surface area contributed by atoms with Gasteiger partial charge >= 0.3 is 0 Å². The third-order valence-corrected chi connectivity index (χ3v) is 17.8. The fourth-order valence-electron chi connectivity index (χ4n) is 12.0. The number of amides is 7. The molecule has 0 bridgehead atoms. The molecule has 3 aromatic carbocycles. The van der Waals surface area contributed by atoms with Crippen LogP contribution in [0, 0.1) is 5.92 Å². The number of benzene rings is 3. The van der Waals surface area contributed by atoms with E-state index in [2.05, 4.69) is 58.7 Å². The lowest BCUT2D eigenvalue weighted by molar-refractivity contribution is -0.147. The van der Waals surface area contributed by atoms with Gasteiger partial charge in [0.1, 0.15) is 46.3 Å². The van der Waals surface area contributed by atoms with Crippen LogP contribution in [-0.2, 0) is 35.2 Å². The third-order valence-electron chi connectivity index (χ3n) is 16.8. The minimum atomic E-state index is -2.02. The molecule has 6 heterocycles. The van der Waals surface area contributed by atoms with Crippen LogP contribution in [0.1, 0.15) is 61.9 Å². The number of aliphatic hydroxyl groups excluding tert-OH is 6. The molecule has 0 spiro atoms. The van der Waals surface area contributed by atoms with Gasteiger partial charge in [0.2, 0.25) is 35.4 Å². The number of phenolic OH excluding ortho intramolecular Hbond substituents is 1. The van der Waals surface area contributed by atoms with E-state index in [9.17, 15) is 69.3 Å². The van der Waals surface area contributed by atoms with Crippen molar-refractivity contribution in [1.82, 2.24) is 51.5 Å². The molecule has 480 valence electrons. The van der Waals surface area contributed by atoms with Crippen molar-refractivity contribution in [3.8, 4) is 32.6 Å². The number of hydrogen-bond acceptors (Lipinski definition) is 21. The number of piperazine rings is 1. The number of fused-ring (bicyclic) bond motifs is 3. The Morgan fingerprint density at radius 2 is 1.41 bits per heavy atom. The molecule has 1 aromatic heterocycles. The minimum absolute atomic E-state index is 0. The highest BCUT2D eigenvalue weighted by Crippen LogP contribution is 2.34. The van der Waals surface area contributed by atoms with Gasteiger partial charge in [0.15, 0.2) is 11.5 Å². The summed E-state index contributed by atoms with van der Waals surface area (Å²) in [7, 11) is 1.28. The monoisotopic (exact) mass is 1280 g/mol. The number of ether oxygens (including phenoxy) is 1. The number of carbonyl (C=O) groups excluding carboxylic acids is 7. The Morgan fingerprint density at radius 1 is 0.761 bits per heavy atom. The van der Waals surface area contributed by atoms with E-state index in [4.69, 9.17) is 10.5 Å². The molecule has 88 heavy (non-hydrogen) atoms. The number of carbonyl (C=O) groups is 7. The summed E-state index contributed by atoms with van der Waals surface area (Å²) >= 11 is 1.35. The van der Waals surface area contributed by atoms with Gasteiger partial charge in [-0.1, -0.05) is 36.5 Å². The number of nitrogens with zero attached hydrogens (tertiary/aromatic N) is 6. The Morgan fingerprint density at radius 3 is 2.07 bits per heavy atom. The highest BCUT2D eigenvalue weighted by molar-refractivity contribution is 7.17. The molecule has 30 heteroatoms. The highest BCUT2D eigenvalue weighted by atomic mass is 35.5. The topological polar surface area (TPSA) is 395 Å². The van der Waals surface area contributed by atoms with E-state index in [1.165, 1.54) is 61.6 Å². The first-order valence-electron chi connectivity index (χ1n) is 28.9. The lowest BCUT2D eigenvalue weighted by Crippen LogP contribution is -2.64. The predicted octanol–water partition coefficient (Wildman–Crippen LogP) is -1.99. The summed E-state index contributed by atoms with van der Waals surface area (Å²) in [6.07, 6.45) is -9.25. The molecular weight excluding hydrogens is 1210 g/mol. The lowest BCUT2D eigenvalue weighted by Gasteiger charge is -2.38. The molecule has 14 atom stereocenters. The van der Waals surface area contributed by atoms with Gasteiger partial charge in [0.25, 0.3) is 5.91 Å². The van der Waals surface area contributed by atoms with Crippen LogP contribution in [-0.4, -0.2) is 240 Å². The first-order valence-corrected chi connectivity index (χ1v) is 29.7. The Kier molecular flexibility index (Phi) is 23.5. The van der Waals surface area contributed by atoms with Crippen LogP contribution in [0.3, 0.4) is 0 Å². The number of nitrogens with one attached hydrogen (secondary N) is 5. The van der Waals surface area contributed by atoms with Crippen LogP contribution in [0.15, 0.2) is 66.7 Å². The minimum Gasteiger partial charge on any atom is -0.504 e. The van der Waals surface area contributed by atoms with Crippen LogP contribution in [0.5, 0.6) is 11.5 Å². The third kappa shape index (κ3) is 15.6. The molecule has 4 aromatic rings. The molecule has 7 amide bonds. The van der Waals surface area contributed by atoms with E-state index in [-0.39, 0.29) is 67.0 Å². The van der Waals surface area contributed by atoms with E-state index >= 15 is 0 Å². The Hall–Kier alpha value is -6.83. The number of phenols is 1. The van der Waals surface area contributed by atoms with Gasteiger partial charge in [0, 0.05) is 92.9 Å². The summed E-state index contributed by atoms with van der Waals surface area (Å²) in [5.41, 5.74) is 8.79. The number of anilines is 1. The molecule has 5 aliphatic rings. The van der Waals surface area contributed by atoms with Crippen LogP contribution in [0.2, 0.25) is 0 Å². The van der Waals surface area contributed by atoms with E-state index in [0.29, 0.717) is 21.6 Å². The van der Waals surface area contributed by atoms with Crippen molar-refractivity contribution in [2.75, 3.05) is 64.4 Å². The summed E-state index contributed by atoms with van der Waals surface area (Å²) < 4.78 is 5.20. The van der Waals surface area contributed by atoms with Gasteiger partial charge in [-0.25, -0.2) is 0 Å². The Balaban J connectivity index is 0.00000552. The first-order chi connectivity index (χ1) is 41.1. The predicted molar refractivity (Wildman–Crippen MR) is 325 cm³/mol. The maximum absolute atomic E-state index is 14.7. The van der Waals surface area contributed by atoms with E-state index in [1.54, 1.807) is 19.1 Å². The SMILES string of the molecule is COc1cc(C[C@@H](O)[C@@H]2NC(=O)[C@@H]3C[C@@H](O)CN3C(=O)[C@H]([C@@H](C)O)NC(=O)[C@@H](NC(=O)c3ccc(-c4nnc(-c5ccc(N6CCN7CCCC7C6)cc5)s4)cc3)C[C@@H](O)CNC(=O)[C@@H]3[C@@H](O)[C@@H](C)CN3C(=O)[C@H]([C@H](O)CCN)NC2=O)ccc1O.Cl.Cl. The quantitative estimate of drug-likeness (QED) is 0.0689. The molecular formula is C58H78Cl2N12O15S. The molecule has 5 fully saturated rings. The molecule has 5 saturated heterocycles. The summed E-state index contributed by atoms with van der Waals surface area (Å²) in [6.45, 7) is 5.22. The number of aromatic hydroxyl groups is 1. The second kappa shape index (κ2) is 30.1. The molecule has 27 nitrogen and oxygen atoms in total. The van der Waals surface area contributed by atoms with Gasteiger partial charge in [-0.3, -0.25) is 38.5 Å². The fraction of sp³-hybridized carbons (Fsp3) is 0.534. The summed E-state index contributed by atoms with van der Waals surface area (Å²) in [4.78, 5) is 108. The van der Waals surface area contributed by atoms with Gasteiger partial charge in [0.05, 0.1) is 43.7 Å². The molecule has 5 aliphatic heterocycles. The van der Waals surface area contributed by atoms with Crippen molar-refractivity contribution in [2.45, 2.75) is 131 Å². The average molecular weight is 1290 g/mol. The Bertz CT molecular complexity index is 3120. The van der Waals surface area contributed by atoms with Crippen LogP contribution in [0.25, 0.3) is 21.1 Å². The maximum Gasteiger partial charge on any atom is 0.251 e. The largest absolute Gasteiger partial charge is 0.504 e. The molecule has 9 rings (SSSR count). The molecule has 1 unspecified atom stereocenters. The second-order valence-electron chi connectivity index (χ2n) is 22.9. The molecule has 0 saturated carbocycles. The summed E-state index contributed by atoms with van der Waals surface area (Å²) in [5.74, 6) is -8.49. The normalized spacial score (nSPS) is 27.8. The maximum atomic E-state index is 14.7. The smallest absolute Gasteiger partial charge is 0.251 e. The number of halogens is 2. The number of aliphatic hydroxyl groups is 6. The average Bonchev–Trinajstić information content (AvgIpc) is 2.17. The molecule has 14 N–H and O–H groups in total. The van der Waals surface area contributed by atoms with Crippen molar-refractivity contribution < 1.29 is 74.0 Å². The van der Waals surface area contributed by atoms with Crippen molar-refractivity contribution >= 4 is 83.2 Å². The lowest BCUT2D eigenvalue weighted by atomic mass is 9.98. The van der Waals surface area contributed by atoms with Gasteiger partial charge in [-0.2, -0.15) is 0 Å². The number of β-amino-alcohol motifs (C(OH)–C–C–N with tert-alkyl or cyclic N) is 1. The zero-order valence-electron chi connectivity index (χ0n) is 48.7. The summed E-state index contributed by atoms with van der Waals surface area (Å²) in [5, 5.41) is 101. The van der Waals surface area contributed by atoms with E-state index < -0.39 is 152 Å². The first kappa shape index (κ1) is 68.7. The van der Waals surface area contributed by atoms with Crippen molar-refractivity contribution in [1.29, 1.82) is 0 Å². The van der Waals surface area contributed by atoms with Crippen LogP contribution < -0.4 is 42.0 Å². The van der Waals surface area contributed by atoms with Crippen LogP contribution >= 0.6 is 36.2 Å². The fourth-order valence-corrected chi connectivity index (χ4v) is 12.8. The number of rotatable bonds is 13. The van der Waals surface area contributed by atoms with E-state index in [1.807, 2.05) is 12.1 Å². The van der Waals surface area contributed by atoms with Crippen molar-refractivity contribution in [3.05, 3.63) is 77.9 Å². The Labute approximate surface area is 524 Å². The number of hydrogen-bond donors (Lipinski definition) is 13. The standard InChI is InChI=1S/C58H76N12O15S.2ClH/c1-29-26-70-48(49(29)77)54(82)60-25-37(72)23-39(61-50(78)32-7-9-33(10-8-32)55-65-66-56(86-55)34-11-13-35(14-12-34)68-20-19-67-18-4-5-36(67)27-68)51(79)62-45(30(2)71)57(83)69-28-38(73)24-40(69)52(80)63-46(53(81)64-47(58(70)84)42(75)16-17-59)43(76)21-31-6-15-41(74)44(22-31)85-3;;/h6-15,22,29-30,36-40,42-43,45-49,71-77H,4-5,16-21,23-28,59H2,1-3H3,(H,60,82)(H,61,78)(H,62,79)(H,63,80)(H,64,81);2*1H/t29-,30+,36?,37+,38+,39-,40-,42+,43+,45-,46-,47-,48-,49-;;/m0../s1. The van der Waals surface area contributed by atoms with Crippen molar-refractivity contribution in [2.24, 2.45) is 11.7 Å². The number of methoxy groups -OCH3 is 1. The number of aromatic nitrogens is 2. The van der Waals surface area contributed by atoms with Gasteiger partial charge in [-0.15, -0.1) is 35.0 Å². The zero-order chi connectivity index (χ0) is 61.7. The van der Waals surface area contributed by atoms with Gasteiger partial charge in [-0.05, 0) is 93.4 Å².